The number of fused-ring (bicyclic) bond motifs is 1. The van der Waals surface area contributed by atoms with E-state index in [0.29, 0.717) is 17.4 Å². The molecule has 0 spiro atoms. The highest BCUT2D eigenvalue weighted by atomic mass is 16.6. The van der Waals surface area contributed by atoms with Crippen molar-refractivity contribution in [2.45, 2.75) is 26.4 Å². The Morgan fingerprint density at radius 3 is 2.65 bits per heavy atom. The van der Waals surface area contributed by atoms with Gasteiger partial charge >= 0.3 is 0 Å². The lowest BCUT2D eigenvalue weighted by Gasteiger charge is -2.17. The van der Waals surface area contributed by atoms with Crippen LogP contribution < -0.4 is 21.7 Å². The Labute approximate surface area is 176 Å². The molecule has 0 fully saturated rings. The molecule has 160 valence electrons. The lowest BCUT2D eigenvalue weighted by molar-refractivity contribution is -0.384. The van der Waals surface area contributed by atoms with Gasteiger partial charge < -0.3 is 5.32 Å². The first-order chi connectivity index (χ1) is 14.8. The molecule has 0 radical (unpaired) electrons. The van der Waals surface area contributed by atoms with Crippen molar-refractivity contribution in [3.63, 3.8) is 0 Å². The maximum Gasteiger partial charge on any atom is 0.270 e. The van der Waals surface area contributed by atoms with Gasteiger partial charge in [-0.1, -0.05) is 18.2 Å². The van der Waals surface area contributed by atoms with Crippen molar-refractivity contribution in [1.29, 1.82) is 0 Å². The van der Waals surface area contributed by atoms with E-state index in [2.05, 4.69) is 21.2 Å². The van der Waals surface area contributed by atoms with Crippen LogP contribution in [0, 0.1) is 10.1 Å². The fourth-order valence-corrected chi connectivity index (χ4v) is 2.89. The average molecular weight is 424 g/mol. The molecule has 2 aromatic carbocycles. The number of hydrogen-bond donors (Lipinski definition) is 3. The molecule has 2 amide bonds. The quantitative estimate of drug-likeness (QED) is 0.385. The molecule has 31 heavy (non-hydrogen) atoms. The number of amides is 2. The number of nitro benzene ring substituents is 1. The van der Waals surface area contributed by atoms with E-state index < -0.39 is 22.8 Å². The van der Waals surface area contributed by atoms with Gasteiger partial charge in [0.2, 0.25) is 5.95 Å². The average Bonchev–Trinajstić information content (AvgIpc) is 2.77. The number of aromatic nitrogens is 2. The van der Waals surface area contributed by atoms with Gasteiger partial charge in [-0.15, -0.1) is 0 Å². The number of nitrogens with one attached hydrogen (secondary N) is 3. The molecule has 11 heteroatoms. The zero-order valence-corrected chi connectivity index (χ0v) is 16.8. The summed E-state index contributed by atoms with van der Waals surface area (Å²) in [6, 6.07) is 11.1. The van der Waals surface area contributed by atoms with E-state index in [4.69, 9.17) is 0 Å². The second-order valence-electron chi connectivity index (χ2n) is 6.62. The summed E-state index contributed by atoms with van der Waals surface area (Å²) in [5, 5.41) is 13.8. The minimum atomic E-state index is -0.971. The van der Waals surface area contributed by atoms with Crippen molar-refractivity contribution in [3.8, 4) is 0 Å². The van der Waals surface area contributed by atoms with E-state index in [0.717, 1.165) is 6.07 Å². The largest absolute Gasteiger partial charge is 0.340 e. The zero-order valence-electron chi connectivity index (χ0n) is 16.8. The molecule has 1 unspecified atom stereocenters. The second-order valence-corrected chi connectivity index (χ2v) is 6.62. The van der Waals surface area contributed by atoms with Gasteiger partial charge in [0.1, 0.15) is 6.04 Å². The standard InChI is InChI=1S/C20H20N6O5/c1-3-25-19(29)15-9-4-5-10-16(15)22-20(25)24-23-17(27)12(2)21-18(28)13-7-6-8-14(11-13)26(30)31/h4-12H,3H2,1-2H3,(H,21,28)(H,22,24)(H,23,27). The molecule has 3 aromatic rings. The van der Waals surface area contributed by atoms with Crippen molar-refractivity contribution in [1.82, 2.24) is 20.3 Å². The van der Waals surface area contributed by atoms with Gasteiger partial charge in [0.05, 0.1) is 15.8 Å². The number of nitro groups is 1. The topological polar surface area (TPSA) is 148 Å². The summed E-state index contributed by atoms with van der Waals surface area (Å²) in [5.74, 6) is -1.08. The SMILES string of the molecule is CCn1c(NNC(=O)C(C)NC(=O)c2cccc([N+](=O)[O-])c2)nc2ccccc2c1=O. The first-order valence-corrected chi connectivity index (χ1v) is 9.42. The van der Waals surface area contributed by atoms with Crippen LogP contribution in [0.5, 0.6) is 0 Å². The van der Waals surface area contributed by atoms with Crippen LogP contribution in [0.4, 0.5) is 11.6 Å². The summed E-state index contributed by atoms with van der Waals surface area (Å²) in [4.78, 5) is 51.9. The third-order valence-corrected chi connectivity index (χ3v) is 4.54. The molecule has 0 bridgehead atoms. The molecule has 1 heterocycles. The number of para-hydroxylation sites is 1. The van der Waals surface area contributed by atoms with Crippen LogP contribution in [-0.4, -0.2) is 32.3 Å². The molecule has 0 saturated heterocycles. The van der Waals surface area contributed by atoms with Gasteiger partial charge in [0.15, 0.2) is 0 Å². The van der Waals surface area contributed by atoms with Crippen LogP contribution >= 0.6 is 0 Å². The van der Waals surface area contributed by atoms with Crippen molar-refractivity contribution in [3.05, 3.63) is 74.6 Å². The maximum absolute atomic E-state index is 12.6. The zero-order chi connectivity index (χ0) is 22.5. The Bertz CT molecular complexity index is 1220. The van der Waals surface area contributed by atoms with Crippen molar-refractivity contribution in [2.75, 3.05) is 5.43 Å². The van der Waals surface area contributed by atoms with Gasteiger partial charge in [-0.05, 0) is 32.0 Å². The maximum atomic E-state index is 12.6. The molecule has 0 aliphatic heterocycles. The summed E-state index contributed by atoms with van der Waals surface area (Å²) < 4.78 is 1.37. The lowest BCUT2D eigenvalue weighted by Crippen LogP contribution is -2.47. The Kier molecular flexibility index (Phi) is 6.24. The predicted molar refractivity (Wildman–Crippen MR) is 113 cm³/mol. The van der Waals surface area contributed by atoms with Gasteiger partial charge in [-0.3, -0.25) is 39.9 Å². The fourth-order valence-electron chi connectivity index (χ4n) is 2.89. The van der Waals surface area contributed by atoms with Gasteiger partial charge in [0, 0.05) is 24.2 Å². The van der Waals surface area contributed by atoms with Crippen LogP contribution in [0.15, 0.2) is 53.3 Å². The first kappa shape index (κ1) is 21.4. The van der Waals surface area contributed by atoms with Crippen LogP contribution in [0.25, 0.3) is 10.9 Å². The minimum Gasteiger partial charge on any atom is -0.340 e. The molecular weight excluding hydrogens is 404 g/mol. The molecule has 0 saturated carbocycles. The molecular formula is C20H20N6O5. The van der Waals surface area contributed by atoms with Crippen molar-refractivity contribution < 1.29 is 14.5 Å². The summed E-state index contributed by atoms with van der Waals surface area (Å²) in [6.45, 7) is 3.55. The summed E-state index contributed by atoms with van der Waals surface area (Å²) in [6.07, 6.45) is 0. The van der Waals surface area contributed by atoms with Gasteiger partial charge in [-0.2, -0.15) is 0 Å². The summed E-state index contributed by atoms with van der Waals surface area (Å²) >= 11 is 0. The third kappa shape index (κ3) is 4.66. The van der Waals surface area contributed by atoms with E-state index >= 15 is 0 Å². The molecule has 0 aliphatic carbocycles. The normalized spacial score (nSPS) is 11.5. The monoisotopic (exact) mass is 424 g/mol. The Hall–Kier alpha value is -4.28. The molecule has 11 nitrogen and oxygen atoms in total. The fraction of sp³-hybridized carbons (Fsp3) is 0.200. The molecule has 3 rings (SSSR count). The number of non-ortho nitro benzene ring substituents is 1. The summed E-state index contributed by atoms with van der Waals surface area (Å²) in [7, 11) is 0. The lowest BCUT2D eigenvalue weighted by atomic mass is 10.2. The molecule has 1 atom stereocenters. The highest BCUT2D eigenvalue weighted by molar-refractivity contribution is 5.98. The van der Waals surface area contributed by atoms with Crippen molar-refractivity contribution in [2.24, 2.45) is 0 Å². The summed E-state index contributed by atoms with van der Waals surface area (Å²) in [5.41, 5.74) is 5.09. The smallest absolute Gasteiger partial charge is 0.270 e. The van der Waals surface area contributed by atoms with Gasteiger partial charge in [-0.25, -0.2) is 4.98 Å². The van der Waals surface area contributed by atoms with Gasteiger partial charge in [0.25, 0.3) is 23.1 Å². The van der Waals surface area contributed by atoms with Crippen molar-refractivity contribution >= 4 is 34.4 Å². The van der Waals surface area contributed by atoms with Crippen LogP contribution in [0.2, 0.25) is 0 Å². The number of carbonyl (C=O) groups is 2. The van der Waals surface area contributed by atoms with E-state index in [1.165, 1.54) is 29.7 Å². The number of nitrogens with zero attached hydrogens (tertiary/aromatic N) is 3. The number of hydrazine groups is 1. The molecule has 1 aromatic heterocycles. The number of rotatable bonds is 7. The molecule has 0 aliphatic rings. The van der Waals surface area contributed by atoms with Crippen LogP contribution in [-0.2, 0) is 11.3 Å². The Morgan fingerprint density at radius 2 is 1.94 bits per heavy atom. The molecule has 3 N–H and O–H groups in total. The van der Waals surface area contributed by atoms with Crippen LogP contribution in [0.3, 0.4) is 0 Å². The Morgan fingerprint density at radius 1 is 1.19 bits per heavy atom. The second kappa shape index (κ2) is 9.03. The van der Waals surface area contributed by atoms with E-state index in [9.17, 15) is 24.5 Å². The third-order valence-electron chi connectivity index (χ3n) is 4.54. The number of hydrogen-bond acceptors (Lipinski definition) is 7. The predicted octanol–water partition coefficient (Wildman–Crippen LogP) is 1.59. The van der Waals surface area contributed by atoms with E-state index in [1.54, 1.807) is 31.2 Å². The minimum absolute atomic E-state index is 0.0535. The number of benzene rings is 2. The highest BCUT2D eigenvalue weighted by Crippen LogP contribution is 2.13. The van der Waals surface area contributed by atoms with E-state index in [1.807, 2.05) is 0 Å². The number of carbonyl (C=O) groups excluding carboxylic acids is 2. The highest BCUT2D eigenvalue weighted by Gasteiger charge is 2.19. The number of anilines is 1. The van der Waals surface area contributed by atoms with Crippen LogP contribution in [0.1, 0.15) is 24.2 Å². The van der Waals surface area contributed by atoms with E-state index in [-0.39, 0.29) is 22.8 Å². The Balaban J connectivity index is 1.69. The first-order valence-electron chi connectivity index (χ1n) is 9.42.